The second-order valence-electron chi connectivity index (χ2n) is 5.31. The van der Waals surface area contributed by atoms with E-state index in [1.54, 1.807) is 13.8 Å². The number of halogens is 3. The third kappa shape index (κ3) is 2.69. The molecule has 1 aliphatic heterocycles. The van der Waals surface area contributed by atoms with E-state index in [1.807, 2.05) is 0 Å². The van der Waals surface area contributed by atoms with Gasteiger partial charge >= 0.3 is 6.18 Å². The first-order chi connectivity index (χ1) is 8.50. The van der Waals surface area contributed by atoms with Gasteiger partial charge in [0.25, 0.3) is 0 Å². The van der Waals surface area contributed by atoms with Crippen molar-refractivity contribution in [3.8, 4) is 0 Å². The van der Waals surface area contributed by atoms with Gasteiger partial charge < -0.3 is 10.2 Å². The molecule has 19 heavy (non-hydrogen) atoms. The lowest BCUT2D eigenvalue weighted by Gasteiger charge is -2.49. The molecule has 0 unspecified atom stereocenters. The predicted octanol–water partition coefficient (Wildman–Crippen LogP) is 1.84. The number of amides is 2. The highest BCUT2D eigenvalue weighted by atomic mass is 19.4. The highest BCUT2D eigenvalue weighted by molar-refractivity contribution is 6.01. The number of alkyl halides is 3. The number of nitrogens with zero attached hydrogens (tertiary/aromatic N) is 1. The van der Waals surface area contributed by atoms with Crippen molar-refractivity contribution in [2.45, 2.75) is 57.8 Å². The molecule has 0 bridgehead atoms. The van der Waals surface area contributed by atoms with Gasteiger partial charge in [0, 0.05) is 0 Å². The third-order valence-electron chi connectivity index (χ3n) is 3.78. The van der Waals surface area contributed by atoms with Crippen LogP contribution in [0.4, 0.5) is 13.2 Å². The average Bonchev–Trinajstić information content (AvgIpc) is 2.29. The lowest BCUT2D eigenvalue weighted by molar-refractivity contribution is -0.185. The highest BCUT2D eigenvalue weighted by Gasteiger charge is 2.55. The molecule has 0 aromatic heterocycles. The van der Waals surface area contributed by atoms with Gasteiger partial charge in [-0.25, -0.2) is 0 Å². The maximum Gasteiger partial charge on any atom is 0.406 e. The Labute approximate surface area is 110 Å². The molecule has 0 aliphatic carbocycles. The number of hydrogen-bond acceptors (Lipinski definition) is 2. The van der Waals surface area contributed by atoms with Gasteiger partial charge in [-0.15, -0.1) is 0 Å². The molecule has 0 aromatic carbocycles. The molecule has 1 N–H and O–H groups in total. The number of hydrogen-bond donors (Lipinski definition) is 1. The number of carbonyl (C=O) groups is 2. The molecule has 1 fully saturated rings. The minimum Gasteiger partial charge on any atom is -0.340 e. The van der Waals surface area contributed by atoms with Crippen molar-refractivity contribution in [1.82, 2.24) is 10.2 Å². The Morgan fingerprint density at radius 1 is 1.16 bits per heavy atom. The van der Waals surface area contributed by atoms with Crippen molar-refractivity contribution >= 4 is 11.8 Å². The van der Waals surface area contributed by atoms with Crippen LogP contribution in [0.2, 0.25) is 0 Å². The quantitative estimate of drug-likeness (QED) is 0.857. The summed E-state index contributed by atoms with van der Waals surface area (Å²) in [6, 6.07) is 0. The van der Waals surface area contributed by atoms with Gasteiger partial charge in [0.2, 0.25) is 11.8 Å². The summed E-state index contributed by atoms with van der Waals surface area (Å²) >= 11 is 0. The van der Waals surface area contributed by atoms with Crippen LogP contribution in [0.5, 0.6) is 0 Å². The van der Waals surface area contributed by atoms with Crippen molar-refractivity contribution in [3.63, 3.8) is 0 Å². The van der Waals surface area contributed by atoms with E-state index < -0.39 is 35.6 Å². The summed E-state index contributed by atoms with van der Waals surface area (Å²) in [5.41, 5.74) is -2.72. The minimum absolute atomic E-state index is 0.262. The highest BCUT2D eigenvalue weighted by Crippen LogP contribution is 2.32. The van der Waals surface area contributed by atoms with Crippen LogP contribution in [0.25, 0.3) is 0 Å². The van der Waals surface area contributed by atoms with E-state index in [4.69, 9.17) is 0 Å². The molecule has 0 radical (unpaired) electrons. The van der Waals surface area contributed by atoms with Crippen molar-refractivity contribution in [3.05, 3.63) is 0 Å². The maximum absolute atomic E-state index is 12.6. The van der Waals surface area contributed by atoms with Gasteiger partial charge in [0.15, 0.2) is 0 Å². The zero-order valence-corrected chi connectivity index (χ0v) is 11.5. The Morgan fingerprint density at radius 2 is 1.63 bits per heavy atom. The SMILES string of the molecule is CCC1(CC)NC(=O)C(C)(C)N(CC(F)(F)F)C1=O. The summed E-state index contributed by atoms with van der Waals surface area (Å²) in [5.74, 6) is -1.22. The molecular formula is C12H19F3N2O2. The van der Waals surface area contributed by atoms with Crippen molar-refractivity contribution < 1.29 is 22.8 Å². The predicted molar refractivity (Wildman–Crippen MR) is 63.3 cm³/mol. The molecule has 110 valence electrons. The van der Waals surface area contributed by atoms with Crippen LogP contribution in [0.15, 0.2) is 0 Å². The first-order valence-corrected chi connectivity index (χ1v) is 6.21. The second kappa shape index (κ2) is 4.68. The topological polar surface area (TPSA) is 49.4 Å². The monoisotopic (exact) mass is 280 g/mol. The molecule has 4 nitrogen and oxygen atoms in total. The largest absolute Gasteiger partial charge is 0.406 e. The fourth-order valence-corrected chi connectivity index (χ4v) is 2.24. The zero-order chi connectivity index (χ0) is 15.1. The van der Waals surface area contributed by atoms with Gasteiger partial charge in [0.1, 0.15) is 17.6 Å². The molecule has 7 heteroatoms. The summed E-state index contributed by atoms with van der Waals surface area (Å²) in [4.78, 5) is 25.0. The fraction of sp³-hybridized carbons (Fsp3) is 0.833. The van der Waals surface area contributed by atoms with Crippen LogP contribution >= 0.6 is 0 Å². The van der Waals surface area contributed by atoms with Crippen LogP contribution in [0.3, 0.4) is 0 Å². The van der Waals surface area contributed by atoms with Crippen molar-refractivity contribution in [2.75, 3.05) is 6.54 Å². The van der Waals surface area contributed by atoms with Gasteiger partial charge in [-0.2, -0.15) is 13.2 Å². The Bertz CT molecular complexity index is 387. The number of piperazine rings is 1. The smallest absolute Gasteiger partial charge is 0.340 e. The average molecular weight is 280 g/mol. The second-order valence-corrected chi connectivity index (χ2v) is 5.31. The molecule has 0 aromatic rings. The standard InChI is InChI=1S/C12H19F3N2O2/c1-5-11(6-2)9(19)17(7-12(13,14)15)10(3,4)8(18)16-11/h5-7H2,1-4H3,(H,16,18). The van der Waals surface area contributed by atoms with Crippen LogP contribution in [-0.2, 0) is 9.59 Å². The first kappa shape index (κ1) is 15.8. The van der Waals surface area contributed by atoms with Gasteiger partial charge in [-0.1, -0.05) is 13.8 Å². The van der Waals surface area contributed by atoms with Gasteiger partial charge in [-0.3, -0.25) is 9.59 Å². The molecular weight excluding hydrogens is 261 g/mol. The lowest BCUT2D eigenvalue weighted by atomic mass is 9.83. The van der Waals surface area contributed by atoms with E-state index in [-0.39, 0.29) is 12.8 Å². The molecule has 1 aliphatic rings. The van der Waals surface area contributed by atoms with Crippen molar-refractivity contribution in [1.29, 1.82) is 0 Å². The summed E-state index contributed by atoms with van der Waals surface area (Å²) in [5, 5.41) is 2.59. The third-order valence-corrected chi connectivity index (χ3v) is 3.78. The van der Waals surface area contributed by atoms with E-state index in [9.17, 15) is 22.8 Å². The summed E-state index contributed by atoms with van der Waals surface area (Å²) < 4.78 is 37.9. The van der Waals surface area contributed by atoms with Crippen LogP contribution in [0.1, 0.15) is 40.5 Å². The molecule has 1 saturated heterocycles. The Balaban J connectivity index is 3.21. The van der Waals surface area contributed by atoms with E-state index in [0.29, 0.717) is 4.90 Å². The molecule has 1 rings (SSSR count). The first-order valence-electron chi connectivity index (χ1n) is 6.21. The fourth-order valence-electron chi connectivity index (χ4n) is 2.24. The van der Waals surface area contributed by atoms with E-state index in [0.717, 1.165) is 0 Å². The Hall–Kier alpha value is -1.27. The molecule has 0 saturated carbocycles. The Kier molecular flexibility index (Phi) is 3.89. The minimum atomic E-state index is -4.53. The van der Waals surface area contributed by atoms with E-state index in [1.165, 1.54) is 13.8 Å². The van der Waals surface area contributed by atoms with Gasteiger partial charge in [-0.05, 0) is 26.7 Å². The molecule has 2 amide bonds. The van der Waals surface area contributed by atoms with E-state index in [2.05, 4.69) is 5.32 Å². The number of carbonyl (C=O) groups excluding carboxylic acids is 2. The molecule has 0 spiro atoms. The lowest BCUT2D eigenvalue weighted by Crippen LogP contribution is -2.74. The zero-order valence-electron chi connectivity index (χ0n) is 11.5. The molecule has 0 atom stereocenters. The number of nitrogens with one attached hydrogen (secondary N) is 1. The summed E-state index contributed by atoms with van der Waals surface area (Å²) in [6.07, 6.45) is -4.01. The maximum atomic E-state index is 12.6. The van der Waals surface area contributed by atoms with Crippen LogP contribution in [0, 0.1) is 0 Å². The summed E-state index contributed by atoms with van der Waals surface area (Å²) in [6.45, 7) is 4.58. The van der Waals surface area contributed by atoms with Crippen LogP contribution < -0.4 is 5.32 Å². The van der Waals surface area contributed by atoms with E-state index >= 15 is 0 Å². The normalized spacial score (nSPS) is 22.4. The van der Waals surface area contributed by atoms with Gasteiger partial charge in [0.05, 0.1) is 0 Å². The van der Waals surface area contributed by atoms with Crippen LogP contribution in [-0.4, -0.2) is 40.5 Å². The Morgan fingerprint density at radius 3 is 2.00 bits per heavy atom. The number of rotatable bonds is 3. The molecule has 1 heterocycles. The summed E-state index contributed by atoms with van der Waals surface area (Å²) in [7, 11) is 0. The van der Waals surface area contributed by atoms with Crippen molar-refractivity contribution in [2.24, 2.45) is 0 Å².